The Kier molecular flexibility index (Phi) is 2.74. The van der Waals surface area contributed by atoms with Gasteiger partial charge in [-0.1, -0.05) is 15.9 Å². The summed E-state index contributed by atoms with van der Waals surface area (Å²) < 4.78 is 0.640. The van der Waals surface area contributed by atoms with Crippen LogP contribution in [0.3, 0.4) is 0 Å². The molecule has 1 saturated carbocycles. The average Bonchev–Trinajstić information content (AvgIpc) is 2.20. The summed E-state index contributed by atoms with van der Waals surface area (Å²) in [5.74, 6) is -0.418. The molecule has 1 aliphatic carbocycles. The first kappa shape index (κ1) is 11.2. The van der Waals surface area contributed by atoms with E-state index in [0.717, 1.165) is 6.42 Å². The standard InChI is InChI=1S/C11H10BrNO3/c12-7-2-3-8(15)10(16)9(7)11(13-6-14)4-1-5-11/h2-3,15-16H,1,4-5H2. The van der Waals surface area contributed by atoms with Gasteiger partial charge in [-0.2, -0.15) is 4.99 Å². The normalized spacial score (nSPS) is 17.3. The zero-order valence-electron chi connectivity index (χ0n) is 8.40. The van der Waals surface area contributed by atoms with Crippen molar-refractivity contribution in [2.75, 3.05) is 0 Å². The van der Waals surface area contributed by atoms with Gasteiger partial charge in [0.25, 0.3) is 0 Å². The van der Waals surface area contributed by atoms with Gasteiger partial charge in [-0.05, 0) is 31.4 Å². The summed E-state index contributed by atoms with van der Waals surface area (Å²) in [6.45, 7) is 0. The summed E-state index contributed by atoms with van der Waals surface area (Å²) in [6.07, 6.45) is 3.84. The second kappa shape index (κ2) is 3.92. The molecule has 4 nitrogen and oxygen atoms in total. The summed E-state index contributed by atoms with van der Waals surface area (Å²) in [4.78, 5) is 14.2. The van der Waals surface area contributed by atoms with Crippen LogP contribution in [-0.2, 0) is 10.3 Å². The maximum atomic E-state index is 10.4. The van der Waals surface area contributed by atoms with Crippen LogP contribution in [0.25, 0.3) is 0 Å². The number of rotatable bonds is 2. The fraction of sp³-hybridized carbons (Fsp3) is 0.364. The third-order valence-electron chi connectivity index (χ3n) is 3.01. The Balaban J connectivity index is 2.62. The molecule has 0 aromatic heterocycles. The van der Waals surface area contributed by atoms with E-state index in [0.29, 0.717) is 22.9 Å². The van der Waals surface area contributed by atoms with E-state index >= 15 is 0 Å². The number of carbonyl (C=O) groups excluding carboxylic acids is 1. The fourth-order valence-electron chi connectivity index (χ4n) is 2.01. The third kappa shape index (κ3) is 1.52. The molecule has 1 aromatic rings. The number of benzene rings is 1. The lowest BCUT2D eigenvalue weighted by molar-refractivity contribution is 0.244. The van der Waals surface area contributed by atoms with Crippen LogP contribution in [0.15, 0.2) is 21.6 Å². The first-order chi connectivity index (χ1) is 7.60. The maximum Gasteiger partial charge on any atom is 0.235 e. The highest BCUT2D eigenvalue weighted by Crippen LogP contribution is 2.52. The van der Waals surface area contributed by atoms with Crippen LogP contribution >= 0.6 is 15.9 Å². The van der Waals surface area contributed by atoms with E-state index in [1.807, 2.05) is 0 Å². The molecule has 2 rings (SSSR count). The van der Waals surface area contributed by atoms with Gasteiger partial charge in [0.05, 0.1) is 0 Å². The van der Waals surface area contributed by atoms with E-state index in [2.05, 4.69) is 20.9 Å². The monoisotopic (exact) mass is 283 g/mol. The number of aliphatic imine (C=N–C) groups is 1. The topological polar surface area (TPSA) is 69.9 Å². The van der Waals surface area contributed by atoms with Crippen molar-refractivity contribution in [1.82, 2.24) is 0 Å². The molecule has 0 bridgehead atoms. The Hall–Kier alpha value is -1.32. The Morgan fingerprint density at radius 2 is 2.06 bits per heavy atom. The van der Waals surface area contributed by atoms with Gasteiger partial charge in [0.2, 0.25) is 6.08 Å². The minimum Gasteiger partial charge on any atom is -0.504 e. The van der Waals surface area contributed by atoms with E-state index in [1.165, 1.54) is 6.07 Å². The van der Waals surface area contributed by atoms with Crippen molar-refractivity contribution in [2.45, 2.75) is 24.8 Å². The molecule has 5 heteroatoms. The number of aromatic hydroxyl groups is 2. The van der Waals surface area contributed by atoms with Crippen LogP contribution in [0, 0.1) is 0 Å². The molecule has 0 heterocycles. The molecule has 16 heavy (non-hydrogen) atoms. The van der Waals surface area contributed by atoms with Gasteiger partial charge >= 0.3 is 0 Å². The van der Waals surface area contributed by atoms with Crippen LogP contribution in [0.4, 0.5) is 0 Å². The maximum absolute atomic E-state index is 10.4. The van der Waals surface area contributed by atoms with Crippen molar-refractivity contribution in [2.24, 2.45) is 4.99 Å². The van der Waals surface area contributed by atoms with Crippen molar-refractivity contribution in [3.05, 3.63) is 22.2 Å². The molecule has 84 valence electrons. The molecule has 0 radical (unpaired) electrons. The predicted octanol–water partition coefficient (Wildman–Crippen LogP) is 2.58. The summed E-state index contributed by atoms with van der Waals surface area (Å²) in [5, 5.41) is 19.3. The minimum absolute atomic E-state index is 0.203. The molecular weight excluding hydrogens is 274 g/mol. The van der Waals surface area contributed by atoms with Gasteiger partial charge < -0.3 is 10.2 Å². The molecule has 0 unspecified atom stereocenters. The largest absolute Gasteiger partial charge is 0.504 e. The quantitative estimate of drug-likeness (QED) is 0.498. The van der Waals surface area contributed by atoms with E-state index in [1.54, 1.807) is 12.1 Å². The molecule has 1 aliphatic rings. The Morgan fingerprint density at radius 3 is 2.56 bits per heavy atom. The highest BCUT2D eigenvalue weighted by atomic mass is 79.9. The van der Waals surface area contributed by atoms with Crippen molar-refractivity contribution in [3.8, 4) is 11.5 Å². The van der Waals surface area contributed by atoms with Crippen molar-refractivity contribution in [3.63, 3.8) is 0 Å². The third-order valence-corrected chi connectivity index (χ3v) is 3.67. The van der Waals surface area contributed by atoms with Gasteiger partial charge in [0.15, 0.2) is 11.5 Å². The molecule has 1 fully saturated rings. The SMILES string of the molecule is O=C=NC1(c2c(Br)ccc(O)c2O)CCC1. The lowest BCUT2D eigenvalue weighted by atomic mass is 9.72. The van der Waals surface area contributed by atoms with E-state index in [9.17, 15) is 15.0 Å². The zero-order valence-corrected chi connectivity index (χ0v) is 9.99. The molecule has 0 spiro atoms. The van der Waals surface area contributed by atoms with Crippen LogP contribution < -0.4 is 0 Å². The lowest BCUT2D eigenvalue weighted by Gasteiger charge is -2.38. The summed E-state index contributed by atoms with van der Waals surface area (Å²) in [7, 11) is 0. The number of phenolic OH excluding ortho intramolecular Hbond substituents is 2. The van der Waals surface area contributed by atoms with Gasteiger partial charge in [0, 0.05) is 10.0 Å². The molecule has 2 N–H and O–H groups in total. The second-order valence-corrected chi connectivity index (χ2v) is 4.73. The molecule has 0 saturated heterocycles. The minimum atomic E-state index is -0.719. The van der Waals surface area contributed by atoms with Crippen LogP contribution in [0.2, 0.25) is 0 Å². The highest BCUT2D eigenvalue weighted by Gasteiger charge is 2.42. The molecule has 0 amide bonds. The number of halogens is 1. The van der Waals surface area contributed by atoms with E-state index in [4.69, 9.17) is 0 Å². The predicted molar refractivity (Wildman–Crippen MR) is 61.1 cm³/mol. The molecule has 1 aromatic carbocycles. The summed E-state index contributed by atoms with van der Waals surface area (Å²) >= 11 is 3.30. The summed E-state index contributed by atoms with van der Waals surface area (Å²) in [5.41, 5.74) is -0.245. The number of phenols is 2. The lowest BCUT2D eigenvalue weighted by Crippen LogP contribution is -2.32. The van der Waals surface area contributed by atoms with Gasteiger partial charge in [-0.25, -0.2) is 4.79 Å². The van der Waals surface area contributed by atoms with Gasteiger partial charge in [0.1, 0.15) is 5.54 Å². The van der Waals surface area contributed by atoms with Crippen LogP contribution in [0.1, 0.15) is 24.8 Å². The Bertz CT molecular complexity index is 476. The van der Waals surface area contributed by atoms with Gasteiger partial charge in [-0.3, -0.25) is 0 Å². The van der Waals surface area contributed by atoms with Crippen molar-refractivity contribution < 1.29 is 15.0 Å². The first-order valence-corrected chi connectivity index (χ1v) is 5.70. The van der Waals surface area contributed by atoms with Crippen molar-refractivity contribution >= 4 is 22.0 Å². The number of hydrogen-bond donors (Lipinski definition) is 2. The molecule has 0 atom stereocenters. The van der Waals surface area contributed by atoms with E-state index in [-0.39, 0.29) is 11.5 Å². The number of nitrogens with zero attached hydrogens (tertiary/aromatic N) is 1. The average molecular weight is 284 g/mol. The number of hydrogen-bond acceptors (Lipinski definition) is 4. The van der Waals surface area contributed by atoms with Crippen LogP contribution in [0.5, 0.6) is 11.5 Å². The molecular formula is C11H10BrNO3. The number of isocyanates is 1. The summed E-state index contributed by atoms with van der Waals surface area (Å²) in [6, 6.07) is 3.02. The Labute approximate surface area is 101 Å². The fourth-order valence-corrected chi connectivity index (χ4v) is 2.70. The Morgan fingerprint density at radius 1 is 1.38 bits per heavy atom. The first-order valence-electron chi connectivity index (χ1n) is 4.91. The highest BCUT2D eigenvalue weighted by molar-refractivity contribution is 9.10. The van der Waals surface area contributed by atoms with Gasteiger partial charge in [-0.15, -0.1) is 0 Å². The van der Waals surface area contributed by atoms with Crippen molar-refractivity contribution in [1.29, 1.82) is 0 Å². The van der Waals surface area contributed by atoms with Crippen LogP contribution in [-0.4, -0.2) is 16.3 Å². The van der Waals surface area contributed by atoms with E-state index < -0.39 is 5.54 Å². The molecule has 0 aliphatic heterocycles. The zero-order chi connectivity index (χ0) is 11.8. The smallest absolute Gasteiger partial charge is 0.235 e. The second-order valence-electron chi connectivity index (χ2n) is 3.88.